The average molecular weight is 578 g/mol. The number of halogens is 1. The number of hydrogen-bond acceptors (Lipinski definition) is 4. The molecule has 0 aliphatic rings. The van der Waals surface area contributed by atoms with E-state index < -0.39 is 29.2 Å². The topological polar surface area (TPSA) is 108 Å². The van der Waals surface area contributed by atoms with E-state index in [9.17, 15) is 14.4 Å². The fourth-order valence-electron chi connectivity index (χ4n) is 4.77. The first-order chi connectivity index (χ1) is 19.5. The number of aryl methyl sites for hydroxylation is 1. The van der Waals surface area contributed by atoms with Crippen LogP contribution in [0.15, 0.2) is 78.9 Å². The van der Waals surface area contributed by atoms with Gasteiger partial charge in [0.15, 0.2) is 0 Å². The molecule has 41 heavy (non-hydrogen) atoms. The Labute approximate surface area is 247 Å². The van der Waals surface area contributed by atoms with Gasteiger partial charge in [-0.15, -0.1) is 0 Å². The van der Waals surface area contributed by atoms with Gasteiger partial charge in [0, 0.05) is 22.9 Å². The molecule has 4 N–H and O–H groups in total. The van der Waals surface area contributed by atoms with Crippen molar-refractivity contribution in [2.75, 3.05) is 0 Å². The summed E-state index contributed by atoms with van der Waals surface area (Å²) in [7, 11) is 0. The summed E-state index contributed by atoms with van der Waals surface area (Å²) < 4.78 is 0. The molecule has 0 saturated carbocycles. The van der Waals surface area contributed by atoms with E-state index >= 15 is 0 Å². The molecule has 3 rings (SSSR count). The normalized spacial score (nSPS) is 13.5. The molecule has 0 aliphatic carbocycles. The maximum absolute atomic E-state index is 13.4. The second kappa shape index (κ2) is 14.8. The molecule has 7 nitrogen and oxygen atoms in total. The highest BCUT2D eigenvalue weighted by Gasteiger charge is 2.35. The molecule has 3 aromatic rings. The zero-order chi connectivity index (χ0) is 30.0. The first-order valence-corrected chi connectivity index (χ1v) is 14.3. The highest BCUT2D eigenvalue weighted by Crippen LogP contribution is 2.29. The number of amides is 3. The van der Waals surface area contributed by atoms with Crippen LogP contribution in [0.1, 0.15) is 64.1 Å². The molecular weight excluding hydrogens is 538 g/mol. The minimum absolute atomic E-state index is 0.199. The lowest BCUT2D eigenvalue weighted by molar-refractivity contribution is -0.137. The third-order valence-corrected chi connectivity index (χ3v) is 7.45. The maximum Gasteiger partial charge on any atom is 0.244 e. The van der Waals surface area contributed by atoms with E-state index in [4.69, 9.17) is 16.8 Å². The largest absolute Gasteiger partial charge is 0.348 e. The maximum atomic E-state index is 13.4. The number of carbonyl (C=O) groups excluding carboxylic acids is 3. The molecule has 3 amide bonds. The van der Waals surface area contributed by atoms with Crippen LogP contribution < -0.4 is 16.1 Å². The number of rotatable bonds is 12. The van der Waals surface area contributed by atoms with Crippen molar-refractivity contribution < 1.29 is 19.6 Å². The predicted molar refractivity (Wildman–Crippen MR) is 162 cm³/mol. The Morgan fingerprint density at radius 2 is 1.51 bits per heavy atom. The van der Waals surface area contributed by atoms with Crippen molar-refractivity contribution in [1.29, 1.82) is 0 Å². The minimum atomic E-state index is -0.829. The van der Waals surface area contributed by atoms with Crippen LogP contribution in [0.2, 0.25) is 5.02 Å². The SMILES string of the molecule is C[C@@H](NC(=O)[C@@H](NC(=O)[C@H](CCCc1ccc(-c2ccccc2)c(Cl)c1)CC(=O)NO)C(C)(C)C)c1ccccc1. The van der Waals surface area contributed by atoms with Gasteiger partial charge in [0.2, 0.25) is 17.7 Å². The second-order valence-corrected chi connectivity index (χ2v) is 11.9. The van der Waals surface area contributed by atoms with Crippen LogP contribution >= 0.6 is 11.6 Å². The van der Waals surface area contributed by atoms with E-state index in [1.807, 2.05) is 107 Å². The number of hydroxylamine groups is 1. The lowest BCUT2D eigenvalue weighted by atomic mass is 9.85. The van der Waals surface area contributed by atoms with Crippen molar-refractivity contribution in [2.45, 2.75) is 65.5 Å². The second-order valence-electron chi connectivity index (χ2n) is 11.5. The first-order valence-electron chi connectivity index (χ1n) is 13.9. The van der Waals surface area contributed by atoms with E-state index in [1.165, 1.54) is 0 Å². The van der Waals surface area contributed by atoms with Crippen molar-refractivity contribution in [3.05, 3.63) is 95.0 Å². The summed E-state index contributed by atoms with van der Waals surface area (Å²) >= 11 is 6.57. The fourth-order valence-corrected chi connectivity index (χ4v) is 5.08. The Balaban J connectivity index is 1.67. The van der Waals surface area contributed by atoms with Crippen LogP contribution in [0.25, 0.3) is 11.1 Å². The third-order valence-electron chi connectivity index (χ3n) is 7.14. The van der Waals surface area contributed by atoms with Crippen LogP contribution in [0.3, 0.4) is 0 Å². The molecule has 0 aromatic heterocycles. The van der Waals surface area contributed by atoms with Gasteiger partial charge < -0.3 is 10.6 Å². The zero-order valence-electron chi connectivity index (χ0n) is 24.1. The van der Waals surface area contributed by atoms with E-state index in [0.717, 1.165) is 22.3 Å². The summed E-state index contributed by atoms with van der Waals surface area (Å²) in [5, 5.41) is 15.7. The van der Waals surface area contributed by atoms with Crippen molar-refractivity contribution in [3.63, 3.8) is 0 Å². The molecule has 0 radical (unpaired) electrons. The number of benzene rings is 3. The summed E-state index contributed by atoms with van der Waals surface area (Å²) in [5.74, 6) is -2.10. The minimum Gasteiger partial charge on any atom is -0.348 e. The van der Waals surface area contributed by atoms with Crippen molar-refractivity contribution in [1.82, 2.24) is 16.1 Å². The smallest absolute Gasteiger partial charge is 0.244 e. The van der Waals surface area contributed by atoms with Crippen LogP contribution in [0.5, 0.6) is 0 Å². The van der Waals surface area contributed by atoms with Crippen LogP contribution in [0, 0.1) is 11.3 Å². The molecule has 0 saturated heterocycles. The van der Waals surface area contributed by atoms with Crippen LogP contribution in [-0.2, 0) is 20.8 Å². The van der Waals surface area contributed by atoms with Gasteiger partial charge in [0.25, 0.3) is 0 Å². The van der Waals surface area contributed by atoms with Crippen LogP contribution in [0.4, 0.5) is 0 Å². The Hall–Kier alpha value is -3.68. The van der Waals surface area contributed by atoms with Crippen molar-refractivity contribution >= 4 is 29.3 Å². The standard InChI is InChI=1S/C33H40ClN3O4/c1-22(24-13-7-5-8-14-24)35-32(40)30(33(2,3)4)36-31(39)26(21-29(38)37-41)17-11-12-23-18-19-27(28(34)20-23)25-15-9-6-10-16-25/h5-10,13-16,18-20,22,26,30,41H,11-12,17,21H2,1-4H3,(H,35,40)(H,36,39)(H,37,38)/t22-,26-,30-/m1/s1. The van der Waals surface area contributed by atoms with E-state index in [0.29, 0.717) is 24.3 Å². The molecule has 0 spiro atoms. The molecule has 0 bridgehead atoms. The van der Waals surface area contributed by atoms with E-state index in [1.54, 1.807) is 5.48 Å². The highest BCUT2D eigenvalue weighted by atomic mass is 35.5. The molecule has 0 aliphatic heterocycles. The molecule has 3 atom stereocenters. The van der Waals surface area contributed by atoms with Gasteiger partial charge in [0.1, 0.15) is 6.04 Å². The predicted octanol–water partition coefficient (Wildman–Crippen LogP) is 6.25. The number of carbonyl (C=O) groups is 3. The van der Waals surface area contributed by atoms with Gasteiger partial charge in [-0.2, -0.15) is 0 Å². The Bertz CT molecular complexity index is 1310. The van der Waals surface area contributed by atoms with E-state index in [-0.39, 0.29) is 18.4 Å². The van der Waals surface area contributed by atoms with E-state index in [2.05, 4.69) is 10.6 Å². The molecule has 3 aromatic carbocycles. The Morgan fingerprint density at radius 3 is 2.10 bits per heavy atom. The summed E-state index contributed by atoms with van der Waals surface area (Å²) in [5.41, 5.74) is 4.98. The molecule has 0 fully saturated rings. The summed E-state index contributed by atoms with van der Waals surface area (Å²) in [6.07, 6.45) is 1.44. The summed E-state index contributed by atoms with van der Waals surface area (Å²) in [6, 6.07) is 24.3. The van der Waals surface area contributed by atoms with Crippen LogP contribution in [-0.4, -0.2) is 29.0 Å². The third kappa shape index (κ3) is 9.44. The van der Waals surface area contributed by atoms with Gasteiger partial charge in [-0.3, -0.25) is 19.6 Å². The zero-order valence-corrected chi connectivity index (χ0v) is 24.9. The highest BCUT2D eigenvalue weighted by molar-refractivity contribution is 6.33. The fraction of sp³-hybridized carbons (Fsp3) is 0.364. The van der Waals surface area contributed by atoms with Gasteiger partial charge in [0.05, 0.1) is 6.04 Å². The van der Waals surface area contributed by atoms with Gasteiger partial charge in [-0.25, -0.2) is 5.48 Å². The number of nitrogens with one attached hydrogen (secondary N) is 3. The molecule has 0 heterocycles. The Kier molecular flexibility index (Phi) is 11.5. The van der Waals surface area contributed by atoms with Gasteiger partial charge in [-0.1, -0.05) is 105 Å². The average Bonchev–Trinajstić information content (AvgIpc) is 2.95. The van der Waals surface area contributed by atoms with Gasteiger partial charge in [-0.05, 0) is 54.4 Å². The molecule has 8 heteroatoms. The van der Waals surface area contributed by atoms with Crippen molar-refractivity contribution in [3.8, 4) is 11.1 Å². The lowest BCUT2D eigenvalue weighted by Crippen LogP contribution is -2.55. The monoisotopic (exact) mass is 577 g/mol. The lowest BCUT2D eigenvalue weighted by Gasteiger charge is -2.32. The molecular formula is C33H40ClN3O4. The quantitative estimate of drug-likeness (QED) is 0.151. The summed E-state index contributed by atoms with van der Waals surface area (Å²) in [4.78, 5) is 38.8. The van der Waals surface area contributed by atoms with Gasteiger partial charge >= 0.3 is 0 Å². The first kappa shape index (κ1) is 31.8. The number of hydrogen-bond donors (Lipinski definition) is 4. The molecule has 218 valence electrons. The summed E-state index contributed by atoms with van der Waals surface area (Å²) in [6.45, 7) is 7.52. The van der Waals surface area contributed by atoms with Crippen molar-refractivity contribution in [2.24, 2.45) is 11.3 Å². The Morgan fingerprint density at radius 1 is 0.878 bits per heavy atom. The molecule has 0 unspecified atom stereocenters.